The molecule has 3 aromatic rings. The van der Waals surface area contributed by atoms with Gasteiger partial charge in [0.2, 0.25) is 0 Å². The second-order valence-corrected chi connectivity index (χ2v) is 9.24. The van der Waals surface area contributed by atoms with Crippen molar-refractivity contribution in [2.45, 2.75) is 57.2 Å². The highest BCUT2D eigenvalue weighted by molar-refractivity contribution is 5.70. The van der Waals surface area contributed by atoms with Gasteiger partial charge in [-0.1, -0.05) is 43.3 Å². The van der Waals surface area contributed by atoms with E-state index in [0.717, 1.165) is 31.7 Å². The number of ether oxygens (including phenoxy) is 1. The molecule has 0 radical (unpaired) electrons. The summed E-state index contributed by atoms with van der Waals surface area (Å²) in [7, 11) is 0. The van der Waals surface area contributed by atoms with E-state index in [1.165, 1.54) is 28.8 Å². The first kappa shape index (κ1) is 25.8. The third kappa shape index (κ3) is 6.89. The zero-order valence-corrected chi connectivity index (χ0v) is 20.3. The van der Waals surface area contributed by atoms with E-state index in [0.29, 0.717) is 11.3 Å². The summed E-state index contributed by atoms with van der Waals surface area (Å²) in [6.07, 6.45) is 2.21. The van der Waals surface area contributed by atoms with Crippen LogP contribution in [-0.4, -0.2) is 29.9 Å². The molecule has 1 aliphatic rings. The molecule has 190 valence electrons. The predicted molar refractivity (Wildman–Crippen MR) is 135 cm³/mol. The molecular weight excluding hydrogens is 462 g/mol. The average molecular weight is 495 g/mol. The topological polar surface area (TPSA) is 70.6 Å². The number of fused-ring (bicyclic) bond motifs is 1. The van der Waals surface area contributed by atoms with E-state index in [9.17, 15) is 18.7 Å². The van der Waals surface area contributed by atoms with Gasteiger partial charge in [-0.2, -0.15) is 0 Å². The number of aliphatic hydroxyl groups excluding tert-OH is 1. The van der Waals surface area contributed by atoms with Gasteiger partial charge in [-0.25, -0.2) is 13.6 Å². The number of para-hydroxylation sites is 1. The highest BCUT2D eigenvalue weighted by Crippen LogP contribution is 2.30. The lowest BCUT2D eigenvalue weighted by molar-refractivity contribution is 0.115. The summed E-state index contributed by atoms with van der Waals surface area (Å²) < 4.78 is 32.9. The van der Waals surface area contributed by atoms with Crippen molar-refractivity contribution in [3.8, 4) is 5.75 Å². The highest BCUT2D eigenvalue weighted by Gasteiger charge is 2.26. The van der Waals surface area contributed by atoms with Crippen molar-refractivity contribution < 1.29 is 23.4 Å². The van der Waals surface area contributed by atoms with Crippen molar-refractivity contribution in [3.05, 3.63) is 101 Å². The van der Waals surface area contributed by atoms with Gasteiger partial charge in [0.05, 0.1) is 12.1 Å². The number of aryl methyl sites for hydroxylation is 2. The van der Waals surface area contributed by atoms with Crippen molar-refractivity contribution in [2.24, 2.45) is 0 Å². The number of benzene rings is 3. The Morgan fingerprint density at radius 1 is 1.06 bits per heavy atom. The van der Waals surface area contributed by atoms with Crippen LogP contribution in [-0.2, 0) is 19.3 Å². The smallest absolute Gasteiger partial charge is 0.410 e. The lowest BCUT2D eigenvalue weighted by Gasteiger charge is -2.30. The fourth-order valence-electron chi connectivity index (χ4n) is 4.73. The minimum Gasteiger partial charge on any atom is -0.410 e. The third-order valence-electron chi connectivity index (χ3n) is 6.61. The number of halogens is 2. The van der Waals surface area contributed by atoms with E-state index in [1.807, 2.05) is 0 Å². The Kier molecular flexibility index (Phi) is 8.67. The molecular formula is C29H32F2N2O3. The average Bonchev–Trinajstić information content (AvgIpc) is 2.86. The molecule has 0 saturated heterocycles. The van der Waals surface area contributed by atoms with Crippen LogP contribution in [0.3, 0.4) is 0 Å². The molecule has 0 fully saturated rings. The van der Waals surface area contributed by atoms with E-state index in [4.69, 9.17) is 4.74 Å². The first-order chi connectivity index (χ1) is 17.4. The molecule has 7 heteroatoms. The number of aliphatic hydroxyl groups is 1. The molecule has 0 bridgehead atoms. The Morgan fingerprint density at radius 2 is 1.81 bits per heavy atom. The highest BCUT2D eigenvalue weighted by atomic mass is 19.1. The maximum atomic E-state index is 13.8. The molecule has 1 amide bonds. The number of rotatable bonds is 9. The second-order valence-electron chi connectivity index (χ2n) is 9.24. The number of nitrogens with one attached hydrogen (secondary N) is 2. The van der Waals surface area contributed by atoms with Gasteiger partial charge in [-0.15, -0.1) is 0 Å². The first-order valence-corrected chi connectivity index (χ1v) is 12.4. The Morgan fingerprint density at radius 3 is 2.53 bits per heavy atom. The van der Waals surface area contributed by atoms with Crippen LogP contribution in [0.5, 0.6) is 5.75 Å². The molecule has 0 heterocycles. The zero-order valence-electron chi connectivity index (χ0n) is 20.3. The van der Waals surface area contributed by atoms with E-state index < -0.39 is 29.9 Å². The largest absolute Gasteiger partial charge is 0.412 e. The van der Waals surface area contributed by atoms with Gasteiger partial charge in [0.15, 0.2) is 0 Å². The molecule has 0 saturated carbocycles. The van der Waals surface area contributed by atoms with Gasteiger partial charge in [0.25, 0.3) is 0 Å². The molecule has 5 nitrogen and oxygen atoms in total. The van der Waals surface area contributed by atoms with Crippen LogP contribution in [0.1, 0.15) is 48.1 Å². The summed E-state index contributed by atoms with van der Waals surface area (Å²) in [5, 5.41) is 17.2. The van der Waals surface area contributed by atoms with Gasteiger partial charge < -0.3 is 20.5 Å². The maximum Gasteiger partial charge on any atom is 0.412 e. The number of carbonyl (C=O) groups excluding carboxylic acids is 1. The molecule has 0 aromatic heterocycles. The summed E-state index contributed by atoms with van der Waals surface area (Å²) in [5.41, 5.74) is 4.14. The molecule has 0 spiro atoms. The lowest BCUT2D eigenvalue weighted by atomic mass is 9.86. The molecule has 3 N–H and O–H groups in total. The summed E-state index contributed by atoms with van der Waals surface area (Å²) in [4.78, 5) is 12.6. The fourth-order valence-corrected chi connectivity index (χ4v) is 4.73. The van der Waals surface area contributed by atoms with Gasteiger partial charge in [-0.05, 0) is 78.6 Å². The van der Waals surface area contributed by atoms with Crippen LogP contribution in [0.4, 0.5) is 13.6 Å². The van der Waals surface area contributed by atoms with E-state index in [2.05, 4.69) is 35.8 Å². The number of carbonyl (C=O) groups is 1. The minimum atomic E-state index is -1.03. The molecule has 3 unspecified atom stereocenters. The fraction of sp³-hybridized carbons (Fsp3) is 0.345. The standard InChI is InChI=1S/C29H32F2N2O3/c1-2-19-11-12-21-7-6-10-26(25(21)15-19)32-18-28(34)27(16-20-13-22(30)17-23(31)14-20)33-29(35)36-24-8-4-3-5-9-24/h3-5,8-9,11-15,17,26-28,32,34H,2,6-7,10,16,18H2,1H3,(H,33,35). The zero-order chi connectivity index (χ0) is 25.5. The Hall–Kier alpha value is -3.29. The third-order valence-corrected chi connectivity index (χ3v) is 6.61. The van der Waals surface area contributed by atoms with Crippen LogP contribution in [0, 0.1) is 11.6 Å². The second kappa shape index (κ2) is 12.1. The van der Waals surface area contributed by atoms with Gasteiger partial charge >= 0.3 is 6.09 Å². The van der Waals surface area contributed by atoms with Crippen LogP contribution >= 0.6 is 0 Å². The molecule has 36 heavy (non-hydrogen) atoms. The van der Waals surface area contributed by atoms with Crippen molar-refractivity contribution in [1.29, 1.82) is 0 Å². The molecule has 1 aliphatic carbocycles. The van der Waals surface area contributed by atoms with Crippen molar-refractivity contribution >= 4 is 6.09 Å². The predicted octanol–water partition coefficient (Wildman–Crippen LogP) is 5.26. The first-order valence-electron chi connectivity index (χ1n) is 12.4. The van der Waals surface area contributed by atoms with Gasteiger partial charge in [-0.3, -0.25) is 0 Å². The summed E-state index contributed by atoms with van der Waals surface area (Å²) in [5.74, 6) is -1.08. The molecule has 4 rings (SSSR count). The quantitative estimate of drug-likeness (QED) is 0.380. The Balaban J connectivity index is 1.47. The molecule has 3 atom stereocenters. The summed E-state index contributed by atoms with van der Waals surface area (Å²) in [6.45, 7) is 2.31. The van der Waals surface area contributed by atoms with E-state index in [-0.39, 0.29) is 19.0 Å². The monoisotopic (exact) mass is 494 g/mol. The van der Waals surface area contributed by atoms with Crippen molar-refractivity contribution in [1.82, 2.24) is 10.6 Å². The Bertz CT molecular complexity index is 1150. The van der Waals surface area contributed by atoms with Crippen molar-refractivity contribution in [2.75, 3.05) is 6.54 Å². The molecule has 0 aliphatic heterocycles. The number of hydrogen-bond acceptors (Lipinski definition) is 4. The molecule has 3 aromatic carbocycles. The number of hydrogen-bond donors (Lipinski definition) is 3. The van der Waals surface area contributed by atoms with Gasteiger partial charge in [0, 0.05) is 18.7 Å². The number of amides is 1. The maximum absolute atomic E-state index is 13.8. The van der Waals surface area contributed by atoms with E-state index >= 15 is 0 Å². The van der Waals surface area contributed by atoms with Gasteiger partial charge in [0.1, 0.15) is 17.4 Å². The normalized spacial score (nSPS) is 16.6. The summed E-state index contributed by atoms with van der Waals surface area (Å²) in [6, 6.07) is 17.5. The van der Waals surface area contributed by atoms with E-state index in [1.54, 1.807) is 30.3 Å². The van der Waals surface area contributed by atoms with Crippen LogP contribution < -0.4 is 15.4 Å². The SMILES string of the molecule is CCc1ccc2c(c1)C(NCC(O)C(Cc1cc(F)cc(F)c1)NC(=O)Oc1ccccc1)CCC2. The van der Waals surface area contributed by atoms with Crippen molar-refractivity contribution in [3.63, 3.8) is 0 Å². The Labute approximate surface area is 210 Å². The van der Waals surface area contributed by atoms with Crippen LogP contribution in [0.15, 0.2) is 66.7 Å². The summed E-state index contributed by atoms with van der Waals surface area (Å²) >= 11 is 0. The van der Waals surface area contributed by atoms with Crippen LogP contribution in [0.2, 0.25) is 0 Å². The minimum absolute atomic E-state index is 0.0304. The lowest BCUT2D eigenvalue weighted by Crippen LogP contribution is -2.50. The van der Waals surface area contributed by atoms with Crippen LogP contribution in [0.25, 0.3) is 0 Å².